The van der Waals surface area contributed by atoms with Crippen LogP contribution in [0.3, 0.4) is 0 Å². The van der Waals surface area contributed by atoms with Gasteiger partial charge in [-0.15, -0.1) is 0 Å². The Hall–Kier alpha value is -2.68. The largest absolute Gasteiger partial charge is 0.497 e. The summed E-state index contributed by atoms with van der Waals surface area (Å²) in [5.74, 6) is 1.31. The van der Waals surface area contributed by atoms with Crippen molar-refractivity contribution in [3.8, 4) is 11.5 Å². The van der Waals surface area contributed by atoms with Gasteiger partial charge in [0.15, 0.2) is 5.11 Å². The maximum atomic E-state index is 13.0. The topological polar surface area (TPSA) is 37.0 Å². The molecule has 156 valence electrons. The summed E-state index contributed by atoms with van der Waals surface area (Å²) >= 11 is 5.52. The van der Waals surface area contributed by atoms with Gasteiger partial charge in [0, 0.05) is 37.9 Å². The van der Waals surface area contributed by atoms with Crippen molar-refractivity contribution in [3.05, 3.63) is 48.0 Å². The van der Waals surface area contributed by atoms with Gasteiger partial charge in [-0.05, 0) is 42.5 Å². The Bertz CT molecular complexity index is 868. The van der Waals surface area contributed by atoms with Crippen molar-refractivity contribution in [1.82, 2.24) is 4.90 Å². The number of methoxy groups -OCH3 is 2. The summed E-state index contributed by atoms with van der Waals surface area (Å²) in [5.41, 5.74) is 0.615. The molecular formula is C20H22F3N3O2S. The standard InChI is InChI=1S/C20H22F3N3O2S/c1-27-16-6-7-18(28-2)17(13-16)24-19(29)26-10-8-25(9-11-26)15-5-3-4-14(12-15)20(21,22)23/h3-7,12-13H,8-11H2,1-2H3,(H,24,29). The number of piperazine rings is 1. The van der Waals surface area contributed by atoms with Crippen LogP contribution in [0.4, 0.5) is 24.5 Å². The number of alkyl halides is 3. The molecule has 0 aliphatic carbocycles. The molecule has 0 amide bonds. The number of ether oxygens (including phenoxy) is 2. The molecule has 1 aliphatic heterocycles. The molecule has 0 saturated carbocycles. The summed E-state index contributed by atoms with van der Waals surface area (Å²) in [6.07, 6.45) is -4.35. The molecule has 1 fully saturated rings. The lowest BCUT2D eigenvalue weighted by molar-refractivity contribution is -0.137. The van der Waals surface area contributed by atoms with E-state index < -0.39 is 11.7 Å². The molecule has 5 nitrogen and oxygen atoms in total. The minimum atomic E-state index is -4.35. The summed E-state index contributed by atoms with van der Waals surface area (Å²) in [5, 5.41) is 3.70. The van der Waals surface area contributed by atoms with Crippen LogP contribution in [0, 0.1) is 0 Å². The highest BCUT2D eigenvalue weighted by Gasteiger charge is 2.31. The molecular weight excluding hydrogens is 403 g/mol. The second-order valence-electron chi connectivity index (χ2n) is 6.52. The first-order valence-corrected chi connectivity index (χ1v) is 9.43. The van der Waals surface area contributed by atoms with Crippen LogP contribution >= 0.6 is 12.2 Å². The molecule has 1 saturated heterocycles. The molecule has 3 rings (SSSR count). The van der Waals surface area contributed by atoms with E-state index in [-0.39, 0.29) is 0 Å². The van der Waals surface area contributed by atoms with E-state index in [1.54, 1.807) is 38.5 Å². The van der Waals surface area contributed by atoms with Crippen molar-refractivity contribution in [2.75, 3.05) is 50.6 Å². The Balaban J connectivity index is 1.63. The lowest BCUT2D eigenvalue weighted by atomic mass is 10.1. The van der Waals surface area contributed by atoms with E-state index >= 15 is 0 Å². The molecule has 0 spiro atoms. The van der Waals surface area contributed by atoms with Crippen LogP contribution in [-0.4, -0.2) is 50.4 Å². The monoisotopic (exact) mass is 425 g/mol. The van der Waals surface area contributed by atoms with Crippen molar-refractivity contribution >= 4 is 28.7 Å². The molecule has 2 aromatic carbocycles. The number of halogens is 3. The van der Waals surface area contributed by atoms with Crippen LogP contribution in [0.25, 0.3) is 0 Å². The first kappa shape index (κ1) is 21.0. The van der Waals surface area contributed by atoms with Gasteiger partial charge in [-0.25, -0.2) is 0 Å². The SMILES string of the molecule is COc1ccc(OC)c(NC(=S)N2CCN(c3cccc(C(F)(F)F)c3)CC2)c1. The Morgan fingerprint density at radius 3 is 2.34 bits per heavy atom. The van der Waals surface area contributed by atoms with E-state index in [0.29, 0.717) is 54.2 Å². The van der Waals surface area contributed by atoms with Gasteiger partial charge in [-0.1, -0.05) is 6.07 Å². The first-order valence-electron chi connectivity index (χ1n) is 9.02. The van der Waals surface area contributed by atoms with Gasteiger partial charge in [0.25, 0.3) is 0 Å². The Morgan fingerprint density at radius 1 is 1.00 bits per heavy atom. The molecule has 0 radical (unpaired) electrons. The fourth-order valence-corrected chi connectivity index (χ4v) is 3.45. The van der Waals surface area contributed by atoms with E-state index in [9.17, 15) is 13.2 Å². The molecule has 0 atom stereocenters. The molecule has 29 heavy (non-hydrogen) atoms. The average Bonchev–Trinajstić information content (AvgIpc) is 2.73. The number of hydrogen-bond acceptors (Lipinski definition) is 4. The third-order valence-corrected chi connectivity index (χ3v) is 5.11. The van der Waals surface area contributed by atoms with Crippen LogP contribution in [0.2, 0.25) is 0 Å². The minimum Gasteiger partial charge on any atom is -0.497 e. The molecule has 1 N–H and O–H groups in total. The molecule has 0 aromatic heterocycles. The Labute approximate surface area is 173 Å². The van der Waals surface area contributed by atoms with Gasteiger partial charge >= 0.3 is 6.18 Å². The van der Waals surface area contributed by atoms with E-state index in [2.05, 4.69) is 5.32 Å². The number of rotatable bonds is 4. The van der Waals surface area contributed by atoms with Crippen LogP contribution in [-0.2, 0) is 6.18 Å². The number of nitrogens with one attached hydrogen (secondary N) is 1. The van der Waals surface area contributed by atoms with Crippen molar-refractivity contribution < 1.29 is 22.6 Å². The maximum Gasteiger partial charge on any atom is 0.416 e. The second-order valence-corrected chi connectivity index (χ2v) is 6.91. The van der Waals surface area contributed by atoms with Gasteiger partial charge in [0.05, 0.1) is 25.5 Å². The highest BCUT2D eigenvalue weighted by atomic mass is 32.1. The lowest BCUT2D eigenvalue weighted by Crippen LogP contribution is -2.50. The fraction of sp³-hybridized carbons (Fsp3) is 0.350. The van der Waals surface area contributed by atoms with Gasteiger partial charge < -0.3 is 24.6 Å². The number of thiocarbonyl (C=S) groups is 1. The number of benzene rings is 2. The number of anilines is 2. The molecule has 2 aromatic rings. The molecule has 1 aliphatic rings. The zero-order chi connectivity index (χ0) is 21.0. The Morgan fingerprint density at radius 2 is 1.72 bits per heavy atom. The second kappa shape index (κ2) is 8.77. The first-order chi connectivity index (χ1) is 13.8. The molecule has 9 heteroatoms. The van der Waals surface area contributed by atoms with Gasteiger partial charge in [-0.2, -0.15) is 13.2 Å². The summed E-state index contributed by atoms with van der Waals surface area (Å²) in [7, 11) is 3.15. The molecule has 1 heterocycles. The minimum absolute atomic E-state index is 0.528. The van der Waals surface area contributed by atoms with E-state index in [4.69, 9.17) is 21.7 Å². The molecule has 0 unspecified atom stereocenters. The normalized spacial score (nSPS) is 14.5. The van der Waals surface area contributed by atoms with Crippen LogP contribution in [0.5, 0.6) is 11.5 Å². The van der Waals surface area contributed by atoms with Crippen molar-refractivity contribution in [2.24, 2.45) is 0 Å². The zero-order valence-electron chi connectivity index (χ0n) is 16.1. The highest BCUT2D eigenvalue weighted by Crippen LogP contribution is 2.32. The predicted molar refractivity (Wildman–Crippen MR) is 111 cm³/mol. The lowest BCUT2D eigenvalue weighted by Gasteiger charge is -2.37. The van der Waals surface area contributed by atoms with E-state index in [0.717, 1.165) is 6.07 Å². The van der Waals surface area contributed by atoms with E-state index in [1.807, 2.05) is 9.80 Å². The predicted octanol–water partition coefficient (Wildman–Crippen LogP) is 4.24. The smallest absolute Gasteiger partial charge is 0.416 e. The summed E-state index contributed by atoms with van der Waals surface area (Å²) in [4.78, 5) is 3.92. The van der Waals surface area contributed by atoms with Crippen LogP contribution in [0.1, 0.15) is 5.56 Å². The van der Waals surface area contributed by atoms with Gasteiger partial charge in [0.1, 0.15) is 11.5 Å². The van der Waals surface area contributed by atoms with Crippen molar-refractivity contribution in [2.45, 2.75) is 6.18 Å². The third-order valence-electron chi connectivity index (χ3n) is 4.75. The zero-order valence-corrected chi connectivity index (χ0v) is 16.9. The number of nitrogens with zero attached hydrogens (tertiary/aromatic N) is 2. The quantitative estimate of drug-likeness (QED) is 0.739. The van der Waals surface area contributed by atoms with Gasteiger partial charge in [-0.3, -0.25) is 0 Å². The summed E-state index contributed by atoms with van der Waals surface area (Å²) < 4.78 is 49.5. The summed E-state index contributed by atoms with van der Waals surface area (Å²) in [6, 6.07) is 10.8. The van der Waals surface area contributed by atoms with Crippen molar-refractivity contribution in [3.63, 3.8) is 0 Å². The van der Waals surface area contributed by atoms with E-state index in [1.165, 1.54) is 12.1 Å². The fourth-order valence-electron chi connectivity index (χ4n) is 3.15. The van der Waals surface area contributed by atoms with Crippen LogP contribution < -0.4 is 19.7 Å². The highest BCUT2D eigenvalue weighted by molar-refractivity contribution is 7.80. The molecule has 0 bridgehead atoms. The number of hydrogen-bond donors (Lipinski definition) is 1. The summed E-state index contributed by atoms with van der Waals surface area (Å²) in [6.45, 7) is 2.32. The van der Waals surface area contributed by atoms with Gasteiger partial charge in [0.2, 0.25) is 0 Å². The van der Waals surface area contributed by atoms with Crippen LogP contribution in [0.15, 0.2) is 42.5 Å². The maximum absolute atomic E-state index is 13.0. The third kappa shape index (κ3) is 5.03. The Kier molecular flexibility index (Phi) is 6.36. The average molecular weight is 425 g/mol. The van der Waals surface area contributed by atoms with Crippen molar-refractivity contribution in [1.29, 1.82) is 0 Å².